The highest BCUT2D eigenvalue weighted by molar-refractivity contribution is 6.31. The summed E-state index contributed by atoms with van der Waals surface area (Å²) in [5, 5.41) is 16.8. The molecule has 0 saturated carbocycles. The van der Waals surface area contributed by atoms with Gasteiger partial charge in [0.15, 0.2) is 5.72 Å². The van der Waals surface area contributed by atoms with E-state index in [1.165, 1.54) is 0 Å². The second kappa shape index (κ2) is 6.06. The highest BCUT2D eigenvalue weighted by Crippen LogP contribution is 2.50. The number of benzene rings is 2. The Hall–Kier alpha value is -2.40. The minimum absolute atomic E-state index is 0.0593. The van der Waals surface area contributed by atoms with Crippen molar-refractivity contribution in [3.8, 4) is 11.5 Å². The third-order valence-corrected chi connectivity index (χ3v) is 5.76. The number of urea groups is 1. The van der Waals surface area contributed by atoms with Gasteiger partial charge < -0.3 is 20.5 Å². The predicted octanol–water partition coefficient (Wildman–Crippen LogP) is 4.45. The zero-order valence-electron chi connectivity index (χ0n) is 15.6. The van der Waals surface area contributed by atoms with Crippen LogP contribution in [0.15, 0.2) is 36.4 Å². The number of rotatable bonds is 1. The Morgan fingerprint density at radius 1 is 1.15 bits per heavy atom. The Balaban J connectivity index is 1.89. The maximum atomic E-state index is 12.3. The summed E-state index contributed by atoms with van der Waals surface area (Å²) in [5.74, 6) is 0.725. The second-order valence-corrected chi connectivity index (χ2v) is 8.55. The Morgan fingerprint density at radius 2 is 1.89 bits per heavy atom. The van der Waals surface area contributed by atoms with Crippen molar-refractivity contribution in [1.82, 2.24) is 10.6 Å². The number of carbonyl (C=O) groups excluding carboxylic acids is 1. The summed E-state index contributed by atoms with van der Waals surface area (Å²) in [5.41, 5.74) is 1.32. The van der Waals surface area contributed by atoms with Gasteiger partial charge in [0.25, 0.3) is 0 Å². The average Bonchev–Trinajstić information content (AvgIpc) is 2.56. The molecule has 1 fully saturated rings. The van der Waals surface area contributed by atoms with E-state index < -0.39 is 11.3 Å². The largest absolute Gasteiger partial charge is 0.508 e. The summed E-state index contributed by atoms with van der Waals surface area (Å²) in [6, 6.07) is 11.0. The molecule has 3 N–H and O–H groups in total. The minimum Gasteiger partial charge on any atom is -0.508 e. The molecule has 5 nitrogen and oxygen atoms in total. The number of phenols is 1. The third kappa shape index (κ3) is 3.10. The van der Waals surface area contributed by atoms with E-state index in [2.05, 4.69) is 10.6 Å². The van der Waals surface area contributed by atoms with Crippen molar-refractivity contribution in [3.05, 3.63) is 58.1 Å². The molecule has 2 aromatic carbocycles. The summed E-state index contributed by atoms with van der Waals surface area (Å²) < 4.78 is 6.39. The van der Waals surface area contributed by atoms with Gasteiger partial charge >= 0.3 is 6.03 Å². The molecule has 2 aliphatic heterocycles. The van der Waals surface area contributed by atoms with E-state index in [9.17, 15) is 9.90 Å². The SMILES string of the molecule is Cc1c(O)ccc2c1O[C@]1(C[C@@H]2c2ccccc2Cl)CC(C)(C)NC(=O)N1. The average molecular weight is 387 g/mol. The van der Waals surface area contributed by atoms with Gasteiger partial charge in [-0.05, 0) is 38.5 Å². The monoisotopic (exact) mass is 386 g/mol. The first-order valence-corrected chi connectivity index (χ1v) is 9.44. The van der Waals surface area contributed by atoms with Crippen LogP contribution in [-0.2, 0) is 0 Å². The lowest BCUT2D eigenvalue weighted by atomic mass is 9.76. The van der Waals surface area contributed by atoms with Crippen molar-refractivity contribution in [3.63, 3.8) is 0 Å². The number of hydrogen-bond donors (Lipinski definition) is 3. The zero-order chi connectivity index (χ0) is 19.4. The van der Waals surface area contributed by atoms with Crippen LogP contribution in [0.2, 0.25) is 5.02 Å². The Labute approximate surface area is 163 Å². The van der Waals surface area contributed by atoms with E-state index in [-0.39, 0.29) is 17.7 Å². The molecule has 27 heavy (non-hydrogen) atoms. The van der Waals surface area contributed by atoms with Crippen molar-refractivity contribution >= 4 is 17.6 Å². The number of aromatic hydroxyl groups is 1. The molecular formula is C21H23ClN2O3. The third-order valence-electron chi connectivity index (χ3n) is 5.42. The fourth-order valence-electron chi connectivity index (χ4n) is 4.36. The lowest BCUT2D eigenvalue weighted by Gasteiger charge is -2.49. The first-order valence-electron chi connectivity index (χ1n) is 9.06. The quantitative estimate of drug-likeness (QED) is 0.678. The molecule has 142 valence electrons. The van der Waals surface area contributed by atoms with Crippen LogP contribution in [0.3, 0.4) is 0 Å². The van der Waals surface area contributed by atoms with E-state index in [1.807, 2.05) is 51.1 Å². The Morgan fingerprint density at radius 3 is 2.59 bits per heavy atom. The number of nitrogens with one attached hydrogen (secondary N) is 2. The molecular weight excluding hydrogens is 364 g/mol. The molecule has 2 heterocycles. The molecule has 0 radical (unpaired) electrons. The molecule has 4 rings (SSSR count). The van der Waals surface area contributed by atoms with Gasteiger partial charge in [-0.2, -0.15) is 0 Å². The van der Waals surface area contributed by atoms with Crippen LogP contribution in [0, 0.1) is 6.92 Å². The van der Waals surface area contributed by atoms with Crippen molar-refractivity contribution in [2.45, 2.75) is 50.8 Å². The summed E-state index contributed by atoms with van der Waals surface area (Å²) in [7, 11) is 0. The van der Waals surface area contributed by atoms with Crippen molar-refractivity contribution in [2.24, 2.45) is 0 Å². The summed E-state index contributed by atoms with van der Waals surface area (Å²) in [4.78, 5) is 12.3. The summed E-state index contributed by atoms with van der Waals surface area (Å²) in [6.07, 6.45) is 1.14. The standard InChI is InChI=1S/C21H23ClN2O3/c1-12-17(25)9-8-14-15(13-6-4-5-7-16(13)22)10-21(27-18(12)14)11-20(2,3)23-19(26)24-21/h4-9,15,25H,10-11H2,1-3H3,(H2,23,24,26)/t15-,21-/m1/s1. The van der Waals surface area contributed by atoms with Crippen LogP contribution < -0.4 is 15.4 Å². The molecule has 0 unspecified atom stereocenters. The number of fused-ring (bicyclic) bond motifs is 1. The van der Waals surface area contributed by atoms with Gasteiger partial charge in [0, 0.05) is 40.4 Å². The van der Waals surface area contributed by atoms with Gasteiger partial charge in [0.2, 0.25) is 0 Å². The van der Waals surface area contributed by atoms with E-state index in [0.717, 1.165) is 11.1 Å². The van der Waals surface area contributed by atoms with Crippen molar-refractivity contribution < 1.29 is 14.6 Å². The van der Waals surface area contributed by atoms with Crippen LogP contribution in [-0.4, -0.2) is 22.4 Å². The lowest BCUT2D eigenvalue weighted by Crippen LogP contribution is -2.69. The number of halogens is 1. The van der Waals surface area contributed by atoms with Crippen LogP contribution in [0.4, 0.5) is 4.79 Å². The maximum absolute atomic E-state index is 12.3. The van der Waals surface area contributed by atoms with Gasteiger partial charge in [-0.15, -0.1) is 0 Å². The van der Waals surface area contributed by atoms with Gasteiger partial charge in [0.05, 0.1) is 0 Å². The summed E-state index contributed by atoms with van der Waals surface area (Å²) >= 11 is 6.52. The molecule has 2 aromatic rings. The zero-order valence-corrected chi connectivity index (χ0v) is 16.4. The summed E-state index contributed by atoms with van der Waals surface area (Å²) in [6.45, 7) is 5.78. The van der Waals surface area contributed by atoms with Crippen molar-refractivity contribution in [2.75, 3.05) is 0 Å². The van der Waals surface area contributed by atoms with Gasteiger partial charge in [-0.3, -0.25) is 0 Å². The normalized spacial score (nSPS) is 25.9. The van der Waals surface area contributed by atoms with E-state index in [1.54, 1.807) is 6.07 Å². The van der Waals surface area contributed by atoms with E-state index in [0.29, 0.717) is 29.2 Å². The van der Waals surface area contributed by atoms with E-state index >= 15 is 0 Å². The minimum atomic E-state index is -0.874. The number of ether oxygens (including phenoxy) is 1. The van der Waals surface area contributed by atoms with Crippen LogP contribution in [0.25, 0.3) is 0 Å². The number of phenolic OH excluding ortho intramolecular Hbond substituents is 1. The van der Waals surface area contributed by atoms with Gasteiger partial charge in [-0.25, -0.2) is 4.79 Å². The van der Waals surface area contributed by atoms with Crippen molar-refractivity contribution in [1.29, 1.82) is 0 Å². The van der Waals surface area contributed by atoms with Crippen LogP contribution >= 0.6 is 11.6 Å². The predicted molar refractivity (Wildman–Crippen MR) is 104 cm³/mol. The maximum Gasteiger partial charge on any atom is 0.318 e. The van der Waals surface area contributed by atoms with Gasteiger partial charge in [0.1, 0.15) is 11.5 Å². The van der Waals surface area contributed by atoms with Gasteiger partial charge in [-0.1, -0.05) is 35.9 Å². The molecule has 2 atom stereocenters. The number of hydrogen-bond acceptors (Lipinski definition) is 3. The highest BCUT2D eigenvalue weighted by atomic mass is 35.5. The fraction of sp³-hybridized carbons (Fsp3) is 0.381. The van der Waals surface area contributed by atoms with E-state index in [4.69, 9.17) is 16.3 Å². The molecule has 0 bridgehead atoms. The highest BCUT2D eigenvalue weighted by Gasteiger charge is 2.50. The number of amides is 2. The Kier molecular flexibility index (Phi) is 4.04. The topological polar surface area (TPSA) is 70.6 Å². The first kappa shape index (κ1) is 18.0. The molecule has 2 amide bonds. The number of carbonyl (C=O) groups is 1. The molecule has 0 aliphatic carbocycles. The molecule has 0 aromatic heterocycles. The van der Waals surface area contributed by atoms with Crippen LogP contribution in [0.5, 0.6) is 11.5 Å². The molecule has 1 spiro atoms. The fourth-order valence-corrected chi connectivity index (χ4v) is 4.62. The first-order chi connectivity index (χ1) is 12.7. The molecule has 1 saturated heterocycles. The molecule has 6 heteroatoms. The van der Waals surface area contributed by atoms with Crippen LogP contribution in [0.1, 0.15) is 49.3 Å². The molecule has 2 aliphatic rings. The lowest BCUT2D eigenvalue weighted by molar-refractivity contribution is -0.0241. The second-order valence-electron chi connectivity index (χ2n) is 8.14. The Bertz CT molecular complexity index is 928. The smallest absolute Gasteiger partial charge is 0.318 e.